The molecule has 0 radical (unpaired) electrons. The SMILES string of the molecule is COCCOc1ccc(/C=C(\C#N)C(N)=O)cc1. The van der Waals surface area contributed by atoms with Crippen molar-refractivity contribution in [3.05, 3.63) is 35.4 Å². The second kappa shape index (κ2) is 7.09. The average molecular weight is 246 g/mol. The fourth-order valence-corrected chi connectivity index (χ4v) is 1.23. The van der Waals surface area contributed by atoms with Gasteiger partial charge in [0.15, 0.2) is 0 Å². The van der Waals surface area contributed by atoms with E-state index in [2.05, 4.69) is 0 Å². The zero-order chi connectivity index (χ0) is 13.4. The summed E-state index contributed by atoms with van der Waals surface area (Å²) in [6.45, 7) is 0.984. The van der Waals surface area contributed by atoms with Gasteiger partial charge in [0, 0.05) is 7.11 Å². The standard InChI is InChI=1S/C13H14N2O3/c1-17-6-7-18-12-4-2-10(3-5-12)8-11(9-14)13(15)16/h2-5,8H,6-7H2,1H3,(H2,15,16)/b11-8+. The van der Waals surface area contributed by atoms with Crippen LogP contribution in [0.2, 0.25) is 0 Å². The minimum atomic E-state index is -0.738. The number of carbonyl (C=O) groups excluding carboxylic acids is 1. The van der Waals surface area contributed by atoms with Gasteiger partial charge in [-0.2, -0.15) is 5.26 Å². The summed E-state index contributed by atoms with van der Waals surface area (Å²) < 4.78 is 10.2. The zero-order valence-corrected chi connectivity index (χ0v) is 10.1. The van der Waals surface area contributed by atoms with E-state index >= 15 is 0 Å². The summed E-state index contributed by atoms with van der Waals surface area (Å²) in [6.07, 6.45) is 1.43. The Bertz CT molecular complexity index is 472. The maximum absolute atomic E-state index is 10.9. The number of hydrogen-bond acceptors (Lipinski definition) is 4. The van der Waals surface area contributed by atoms with Crippen LogP contribution in [0.4, 0.5) is 0 Å². The second-order valence-corrected chi connectivity index (χ2v) is 3.44. The number of benzene rings is 1. The Morgan fingerprint density at radius 2 is 2.06 bits per heavy atom. The van der Waals surface area contributed by atoms with Gasteiger partial charge in [-0.1, -0.05) is 12.1 Å². The van der Waals surface area contributed by atoms with Gasteiger partial charge in [-0.25, -0.2) is 0 Å². The molecule has 0 unspecified atom stereocenters. The summed E-state index contributed by atoms with van der Waals surface area (Å²) >= 11 is 0. The van der Waals surface area contributed by atoms with Crippen LogP contribution in [-0.4, -0.2) is 26.2 Å². The topological polar surface area (TPSA) is 85.3 Å². The molecule has 2 N–H and O–H groups in total. The molecule has 94 valence electrons. The molecule has 0 aromatic heterocycles. The van der Waals surface area contributed by atoms with Crippen LogP contribution < -0.4 is 10.5 Å². The van der Waals surface area contributed by atoms with Crippen molar-refractivity contribution in [1.82, 2.24) is 0 Å². The van der Waals surface area contributed by atoms with Crippen LogP contribution in [0.1, 0.15) is 5.56 Å². The molecule has 1 aromatic carbocycles. The quantitative estimate of drug-likeness (QED) is 0.462. The van der Waals surface area contributed by atoms with E-state index in [-0.39, 0.29) is 5.57 Å². The van der Waals surface area contributed by atoms with Gasteiger partial charge >= 0.3 is 0 Å². The van der Waals surface area contributed by atoms with E-state index in [1.54, 1.807) is 37.4 Å². The number of rotatable bonds is 6. The predicted molar refractivity (Wildman–Crippen MR) is 66.6 cm³/mol. The maximum atomic E-state index is 10.9. The van der Waals surface area contributed by atoms with E-state index in [1.807, 2.05) is 0 Å². The Balaban J connectivity index is 2.71. The number of nitrogens with two attached hydrogens (primary N) is 1. The van der Waals surface area contributed by atoms with Gasteiger partial charge in [0.25, 0.3) is 5.91 Å². The van der Waals surface area contributed by atoms with Crippen LogP contribution in [0.25, 0.3) is 6.08 Å². The van der Waals surface area contributed by atoms with Crippen molar-refractivity contribution < 1.29 is 14.3 Å². The van der Waals surface area contributed by atoms with Crippen molar-refractivity contribution in [3.8, 4) is 11.8 Å². The fourth-order valence-electron chi connectivity index (χ4n) is 1.23. The normalized spacial score (nSPS) is 10.8. The Hall–Kier alpha value is -2.32. The first-order valence-electron chi connectivity index (χ1n) is 5.30. The molecule has 0 saturated heterocycles. The minimum absolute atomic E-state index is 0.0805. The molecule has 5 nitrogen and oxygen atoms in total. The molecule has 0 aliphatic rings. The molecule has 0 fully saturated rings. The molecule has 1 amide bonds. The molecule has 0 spiro atoms. The Kier molecular flexibility index (Phi) is 5.42. The van der Waals surface area contributed by atoms with Crippen molar-refractivity contribution in [2.45, 2.75) is 0 Å². The highest BCUT2D eigenvalue weighted by molar-refractivity contribution is 6.00. The molecule has 18 heavy (non-hydrogen) atoms. The maximum Gasteiger partial charge on any atom is 0.259 e. The van der Waals surface area contributed by atoms with Gasteiger partial charge in [-0.15, -0.1) is 0 Å². The van der Waals surface area contributed by atoms with E-state index < -0.39 is 5.91 Å². The lowest BCUT2D eigenvalue weighted by Crippen LogP contribution is -2.12. The van der Waals surface area contributed by atoms with Crippen molar-refractivity contribution in [3.63, 3.8) is 0 Å². The van der Waals surface area contributed by atoms with Gasteiger partial charge in [0.2, 0.25) is 0 Å². The summed E-state index contributed by atoms with van der Waals surface area (Å²) in [4.78, 5) is 10.9. The summed E-state index contributed by atoms with van der Waals surface area (Å²) in [6, 6.07) is 8.72. The predicted octanol–water partition coefficient (Wildman–Crippen LogP) is 1.10. The molecule has 0 aliphatic carbocycles. The number of primary amides is 1. The van der Waals surface area contributed by atoms with Crippen LogP contribution in [0.15, 0.2) is 29.8 Å². The summed E-state index contributed by atoms with van der Waals surface area (Å²) in [7, 11) is 1.60. The Morgan fingerprint density at radius 3 is 2.56 bits per heavy atom. The first-order valence-corrected chi connectivity index (χ1v) is 5.30. The monoisotopic (exact) mass is 246 g/mol. The molecular formula is C13H14N2O3. The third kappa shape index (κ3) is 4.28. The lowest BCUT2D eigenvalue weighted by atomic mass is 10.1. The average Bonchev–Trinajstić information content (AvgIpc) is 2.37. The summed E-state index contributed by atoms with van der Waals surface area (Å²) in [5.74, 6) is -0.0419. The number of nitrogens with zero attached hydrogens (tertiary/aromatic N) is 1. The fraction of sp³-hybridized carbons (Fsp3) is 0.231. The molecule has 0 atom stereocenters. The van der Waals surface area contributed by atoms with Crippen LogP contribution >= 0.6 is 0 Å². The number of amides is 1. The molecule has 0 bridgehead atoms. The van der Waals surface area contributed by atoms with E-state index in [1.165, 1.54) is 6.08 Å². The second-order valence-electron chi connectivity index (χ2n) is 3.44. The number of ether oxygens (including phenoxy) is 2. The van der Waals surface area contributed by atoms with Gasteiger partial charge < -0.3 is 15.2 Å². The Labute approximate surface area is 105 Å². The largest absolute Gasteiger partial charge is 0.491 e. The van der Waals surface area contributed by atoms with Gasteiger partial charge in [-0.3, -0.25) is 4.79 Å². The molecule has 0 heterocycles. The number of methoxy groups -OCH3 is 1. The lowest BCUT2D eigenvalue weighted by molar-refractivity contribution is -0.114. The first-order chi connectivity index (χ1) is 8.67. The van der Waals surface area contributed by atoms with Crippen molar-refractivity contribution in [1.29, 1.82) is 5.26 Å². The third-order valence-electron chi connectivity index (χ3n) is 2.13. The summed E-state index contributed by atoms with van der Waals surface area (Å²) in [5.41, 5.74) is 5.67. The van der Waals surface area contributed by atoms with Gasteiger partial charge in [0.05, 0.1) is 6.61 Å². The number of hydrogen-bond donors (Lipinski definition) is 1. The van der Waals surface area contributed by atoms with E-state index in [9.17, 15) is 4.79 Å². The number of carbonyl (C=O) groups is 1. The summed E-state index contributed by atoms with van der Waals surface area (Å²) in [5, 5.41) is 8.70. The molecular weight excluding hydrogens is 232 g/mol. The van der Waals surface area contributed by atoms with E-state index in [4.69, 9.17) is 20.5 Å². The molecule has 1 rings (SSSR count). The highest BCUT2D eigenvalue weighted by atomic mass is 16.5. The molecule has 0 aliphatic heterocycles. The first kappa shape index (κ1) is 13.7. The van der Waals surface area contributed by atoms with Gasteiger partial charge in [-0.05, 0) is 23.8 Å². The van der Waals surface area contributed by atoms with Crippen molar-refractivity contribution in [2.24, 2.45) is 5.73 Å². The van der Waals surface area contributed by atoms with Gasteiger partial charge in [0.1, 0.15) is 24.0 Å². The van der Waals surface area contributed by atoms with Crippen molar-refractivity contribution in [2.75, 3.05) is 20.3 Å². The highest BCUT2D eigenvalue weighted by Crippen LogP contribution is 2.14. The molecule has 5 heteroatoms. The number of nitriles is 1. The minimum Gasteiger partial charge on any atom is -0.491 e. The smallest absolute Gasteiger partial charge is 0.259 e. The Morgan fingerprint density at radius 1 is 1.39 bits per heavy atom. The molecule has 0 saturated carbocycles. The van der Waals surface area contributed by atoms with Crippen LogP contribution in [-0.2, 0) is 9.53 Å². The van der Waals surface area contributed by atoms with Crippen LogP contribution in [0.3, 0.4) is 0 Å². The molecule has 1 aromatic rings. The van der Waals surface area contributed by atoms with Crippen molar-refractivity contribution >= 4 is 12.0 Å². The van der Waals surface area contributed by atoms with Crippen LogP contribution in [0, 0.1) is 11.3 Å². The van der Waals surface area contributed by atoms with E-state index in [0.29, 0.717) is 24.5 Å². The zero-order valence-electron chi connectivity index (χ0n) is 10.1. The van der Waals surface area contributed by atoms with E-state index in [0.717, 1.165) is 0 Å². The third-order valence-corrected chi connectivity index (χ3v) is 2.13. The highest BCUT2D eigenvalue weighted by Gasteiger charge is 2.03. The van der Waals surface area contributed by atoms with Crippen LogP contribution in [0.5, 0.6) is 5.75 Å². The lowest BCUT2D eigenvalue weighted by Gasteiger charge is -2.05.